The van der Waals surface area contributed by atoms with Crippen LogP contribution in [-0.2, 0) is 24.3 Å². The number of rotatable bonds is 4. The molecule has 1 aliphatic rings. The Morgan fingerprint density at radius 2 is 2.12 bits per heavy atom. The minimum Gasteiger partial charge on any atom is -0.322 e. The predicted octanol–water partition coefficient (Wildman–Crippen LogP) is 1.60. The average molecular weight is 383 g/mol. The Morgan fingerprint density at radius 3 is 2.85 bits per heavy atom. The highest BCUT2D eigenvalue weighted by Gasteiger charge is 2.18. The standard InChI is InChI=1S/C16H15FN4O4.ClH/c17-16-12-5-6-18-7-10(12)1-3-13(16)19-14(22)9-20-8-11(21(24)25)2-4-15(20)23;/h1-4,8,18H,5-7,9H2,(H,19,22);1H. The molecule has 138 valence electrons. The summed E-state index contributed by atoms with van der Waals surface area (Å²) in [4.78, 5) is 33.9. The third kappa shape index (κ3) is 4.06. The van der Waals surface area contributed by atoms with Gasteiger partial charge >= 0.3 is 0 Å². The number of carbonyl (C=O) groups excluding carboxylic acids is 1. The SMILES string of the molecule is Cl.O=C(Cn1cc([N+](=O)[O-])ccc1=O)Nc1ccc2c(c1F)CCNC2. The van der Waals surface area contributed by atoms with Crippen LogP contribution in [0.1, 0.15) is 11.1 Å². The zero-order valence-corrected chi connectivity index (χ0v) is 14.3. The Bertz CT molecular complexity index is 916. The Labute approximate surface area is 153 Å². The molecule has 0 radical (unpaired) electrons. The first-order chi connectivity index (χ1) is 12.0. The quantitative estimate of drug-likeness (QED) is 0.617. The molecule has 10 heteroatoms. The Hall–Kier alpha value is -2.78. The molecule has 1 aromatic heterocycles. The second-order valence-electron chi connectivity index (χ2n) is 5.65. The molecule has 26 heavy (non-hydrogen) atoms. The van der Waals surface area contributed by atoms with Gasteiger partial charge in [-0.25, -0.2) is 4.39 Å². The average Bonchev–Trinajstić information content (AvgIpc) is 2.59. The number of carbonyl (C=O) groups is 1. The van der Waals surface area contributed by atoms with Crippen molar-refractivity contribution in [3.05, 3.63) is 67.9 Å². The zero-order valence-electron chi connectivity index (χ0n) is 13.5. The fourth-order valence-electron chi connectivity index (χ4n) is 2.72. The number of fused-ring (bicyclic) bond motifs is 1. The molecule has 2 aromatic rings. The van der Waals surface area contributed by atoms with E-state index in [1.165, 1.54) is 6.07 Å². The maximum Gasteiger partial charge on any atom is 0.285 e. The lowest BCUT2D eigenvalue weighted by molar-refractivity contribution is -0.385. The largest absolute Gasteiger partial charge is 0.322 e. The molecular weight excluding hydrogens is 367 g/mol. The minimum absolute atomic E-state index is 0. The second-order valence-corrected chi connectivity index (χ2v) is 5.65. The van der Waals surface area contributed by atoms with Gasteiger partial charge in [-0.1, -0.05) is 6.07 Å². The van der Waals surface area contributed by atoms with Gasteiger partial charge in [0.15, 0.2) is 0 Å². The van der Waals surface area contributed by atoms with Crippen molar-refractivity contribution >= 4 is 29.7 Å². The summed E-state index contributed by atoms with van der Waals surface area (Å²) < 4.78 is 15.4. The van der Waals surface area contributed by atoms with Crippen LogP contribution in [0.4, 0.5) is 15.8 Å². The van der Waals surface area contributed by atoms with Gasteiger partial charge in [-0.05, 0) is 30.2 Å². The van der Waals surface area contributed by atoms with Gasteiger partial charge in [0.25, 0.3) is 11.2 Å². The first-order valence-corrected chi connectivity index (χ1v) is 7.61. The van der Waals surface area contributed by atoms with E-state index in [0.717, 1.165) is 28.5 Å². The summed E-state index contributed by atoms with van der Waals surface area (Å²) in [5.74, 6) is -1.13. The summed E-state index contributed by atoms with van der Waals surface area (Å²) in [6.07, 6.45) is 1.51. The van der Waals surface area contributed by atoms with Gasteiger partial charge < -0.3 is 10.6 Å². The molecule has 0 saturated carbocycles. The van der Waals surface area contributed by atoms with Crippen LogP contribution < -0.4 is 16.2 Å². The molecular formula is C16H16ClFN4O4. The van der Waals surface area contributed by atoms with Crippen LogP contribution in [-0.4, -0.2) is 21.9 Å². The highest BCUT2D eigenvalue weighted by atomic mass is 35.5. The Balaban J connectivity index is 0.00000243. The second kappa shape index (κ2) is 8.07. The van der Waals surface area contributed by atoms with Crippen LogP contribution in [0.2, 0.25) is 0 Å². The molecule has 1 amide bonds. The van der Waals surface area contributed by atoms with E-state index in [4.69, 9.17) is 0 Å². The van der Waals surface area contributed by atoms with Crippen LogP contribution in [0, 0.1) is 15.9 Å². The van der Waals surface area contributed by atoms with Crippen molar-refractivity contribution in [2.45, 2.75) is 19.5 Å². The third-order valence-electron chi connectivity index (χ3n) is 3.97. The number of halogens is 2. The molecule has 1 aromatic carbocycles. The maximum atomic E-state index is 14.5. The fraction of sp³-hybridized carbons (Fsp3) is 0.250. The summed E-state index contributed by atoms with van der Waals surface area (Å²) >= 11 is 0. The molecule has 8 nitrogen and oxygen atoms in total. The number of aromatic nitrogens is 1. The molecule has 0 unspecified atom stereocenters. The minimum atomic E-state index is -0.662. The highest BCUT2D eigenvalue weighted by Crippen LogP contribution is 2.24. The van der Waals surface area contributed by atoms with Crippen molar-refractivity contribution in [2.75, 3.05) is 11.9 Å². The monoisotopic (exact) mass is 382 g/mol. The Morgan fingerprint density at radius 1 is 1.35 bits per heavy atom. The van der Waals surface area contributed by atoms with Gasteiger partial charge in [0.05, 0.1) is 16.8 Å². The van der Waals surface area contributed by atoms with E-state index in [-0.39, 0.29) is 23.8 Å². The number of amides is 1. The van der Waals surface area contributed by atoms with Crippen LogP contribution in [0.25, 0.3) is 0 Å². The highest BCUT2D eigenvalue weighted by molar-refractivity contribution is 5.90. The molecule has 0 fully saturated rings. The lowest BCUT2D eigenvalue weighted by atomic mass is 9.99. The van der Waals surface area contributed by atoms with E-state index in [1.807, 2.05) is 0 Å². The molecule has 0 atom stereocenters. The van der Waals surface area contributed by atoms with E-state index in [9.17, 15) is 24.1 Å². The van der Waals surface area contributed by atoms with Crippen LogP contribution >= 0.6 is 12.4 Å². The van der Waals surface area contributed by atoms with E-state index < -0.39 is 28.8 Å². The van der Waals surface area contributed by atoms with Crippen LogP contribution in [0.3, 0.4) is 0 Å². The van der Waals surface area contributed by atoms with Crippen molar-refractivity contribution in [2.24, 2.45) is 0 Å². The first kappa shape index (κ1) is 19.5. The molecule has 2 heterocycles. The summed E-state index contributed by atoms with van der Waals surface area (Å²) in [7, 11) is 0. The van der Waals surface area contributed by atoms with E-state index in [0.29, 0.717) is 25.1 Å². The van der Waals surface area contributed by atoms with Gasteiger partial charge in [0, 0.05) is 18.7 Å². The molecule has 0 spiro atoms. The van der Waals surface area contributed by atoms with Crippen LogP contribution in [0.5, 0.6) is 0 Å². The summed E-state index contributed by atoms with van der Waals surface area (Å²) in [6.45, 7) is 0.784. The van der Waals surface area contributed by atoms with Crippen molar-refractivity contribution in [3.8, 4) is 0 Å². The van der Waals surface area contributed by atoms with Gasteiger partial charge in [-0.3, -0.25) is 24.3 Å². The fourth-order valence-corrected chi connectivity index (χ4v) is 2.72. The molecule has 2 N–H and O–H groups in total. The van der Waals surface area contributed by atoms with Crippen LogP contribution in [0.15, 0.2) is 35.3 Å². The number of benzene rings is 1. The number of pyridine rings is 1. The normalized spacial score (nSPS) is 12.7. The summed E-state index contributed by atoms with van der Waals surface area (Å²) in [5, 5.41) is 16.3. The number of nitrogens with zero attached hydrogens (tertiary/aromatic N) is 2. The predicted molar refractivity (Wildman–Crippen MR) is 95.0 cm³/mol. The zero-order chi connectivity index (χ0) is 18.0. The molecule has 0 aliphatic carbocycles. The smallest absolute Gasteiger partial charge is 0.285 e. The molecule has 3 rings (SSSR count). The maximum absolute atomic E-state index is 14.5. The van der Waals surface area contributed by atoms with Gasteiger partial charge in [0.2, 0.25) is 5.91 Å². The molecule has 0 saturated heterocycles. The number of hydrogen-bond donors (Lipinski definition) is 2. The Kier molecular flexibility index (Phi) is 6.06. The van der Waals surface area contributed by atoms with Crippen molar-refractivity contribution < 1.29 is 14.1 Å². The number of anilines is 1. The molecule has 0 bridgehead atoms. The lowest BCUT2D eigenvalue weighted by Gasteiger charge is -2.19. The number of hydrogen-bond acceptors (Lipinski definition) is 5. The number of nitrogens with one attached hydrogen (secondary N) is 2. The van der Waals surface area contributed by atoms with E-state index >= 15 is 0 Å². The van der Waals surface area contributed by atoms with Gasteiger partial charge in [0.1, 0.15) is 12.4 Å². The number of nitro groups is 1. The van der Waals surface area contributed by atoms with Gasteiger partial charge in [-0.15, -0.1) is 12.4 Å². The molecule has 1 aliphatic heterocycles. The topological polar surface area (TPSA) is 106 Å². The lowest BCUT2D eigenvalue weighted by Crippen LogP contribution is -2.28. The van der Waals surface area contributed by atoms with Crippen molar-refractivity contribution in [1.29, 1.82) is 0 Å². The summed E-state index contributed by atoms with van der Waals surface area (Å²) in [6, 6.07) is 5.28. The summed E-state index contributed by atoms with van der Waals surface area (Å²) in [5.41, 5.74) is 0.572. The van der Waals surface area contributed by atoms with Crippen molar-refractivity contribution in [3.63, 3.8) is 0 Å². The van der Waals surface area contributed by atoms with Gasteiger partial charge in [-0.2, -0.15) is 0 Å². The third-order valence-corrected chi connectivity index (χ3v) is 3.97. The first-order valence-electron chi connectivity index (χ1n) is 7.61. The van der Waals surface area contributed by atoms with Crippen molar-refractivity contribution in [1.82, 2.24) is 9.88 Å². The van der Waals surface area contributed by atoms with E-state index in [1.54, 1.807) is 6.07 Å². The van der Waals surface area contributed by atoms with E-state index in [2.05, 4.69) is 10.6 Å².